The van der Waals surface area contributed by atoms with Crippen LogP contribution in [-0.2, 0) is 32.6 Å². The van der Waals surface area contributed by atoms with Gasteiger partial charge in [-0.3, -0.25) is 9.69 Å². The summed E-state index contributed by atoms with van der Waals surface area (Å²) in [6, 6.07) is 14.4. The summed E-state index contributed by atoms with van der Waals surface area (Å²) < 4.78 is 59.1. The minimum absolute atomic E-state index is 0.00654. The molecule has 2 N–H and O–H groups in total. The summed E-state index contributed by atoms with van der Waals surface area (Å²) in [5, 5.41) is 12.3. The third-order valence-corrected chi connectivity index (χ3v) is 9.50. The predicted octanol–water partition coefficient (Wildman–Crippen LogP) is 2.65. The molecule has 1 aromatic carbocycles. The molecule has 4 rings (SSSR count). The van der Waals surface area contributed by atoms with Gasteiger partial charge in [0.2, 0.25) is 15.9 Å². The number of thiophene rings is 1. The van der Waals surface area contributed by atoms with Gasteiger partial charge < -0.3 is 15.3 Å². The standard InChI is InChI=1S/C24H34N4O3S2.C2HF3O2/c29-24(19-23-7-4-17-32-23)28(16-18-33(30,31)27-14-10-25-11-15-27)22-8-12-26(13-9-22)20-21-5-2-1-3-6-21;3-2(4,5)1(6)7/h1-7,17,22,25H,8-16,18-20H2;(H,6,7). The highest BCUT2D eigenvalue weighted by Gasteiger charge is 2.38. The minimum Gasteiger partial charge on any atom is -0.475 e. The van der Waals surface area contributed by atoms with Crippen molar-refractivity contribution in [1.29, 1.82) is 0 Å². The van der Waals surface area contributed by atoms with Gasteiger partial charge in [0.05, 0.1) is 12.2 Å². The van der Waals surface area contributed by atoms with Crippen LogP contribution in [0.5, 0.6) is 0 Å². The molecule has 0 spiro atoms. The number of carboxylic acid groups (broad SMARTS) is 1. The van der Waals surface area contributed by atoms with E-state index >= 15 is 0 Å². The summed E-state index contributed by atoms with van der Waals surface area (Å²) in [6.07, 6.45) is -3.00. The van der Waals surface area contributed by atoms with E-state index in [1.807, 2.05) is 28.5 Å². The molecule has 9 nitrogen and oxygen atoms in total. The lowest BCUT2D eigenvalue weighted by Crippen LogP contribution is -2.51. The second kappa shape index (κ2) is 14.9. The quantitative estimate of drug-likeness (QED) is 0.453. The number of nitrogens with one attached hydrogen (secondary N) is 1. The summed E-state index contributed by atoms with van der Waals surface area (Å²) >= 11 is 1.57. The molecule has 0 aliphatic carbocycles. The van der Waals surface area contributed by atoms with Crippen LogP contribution in [0.1, 0.15) is 23.3 Å². The number of nitrogens with zero attached hydrogens (tertiary/aromatic N) is 3. The van der Waals surface area contributed by atoms with E-state index in [0.29, 0.717) is 32.6 Å². The lowest BCUT2D eigenvalue weighted by atomic mass is 10.0. The molecule has 0 atom stereocenters. The Kier molecular flexibility index (Phi) is 11.9. The van der Waals surface area contributed by atoms with Gasteiger partial charge in [-0.1, -0.05) is 36.4 Å². The molecule has 2 aromatic rings. The zero-order chi connectivity index (χ0) is 29.2. The molecule has 2 saturated heterocycles. The van der Waals surface area contributed by atoms with Gasteiger partial charge in [-0.2, -0.15) is 17.5 Å². The first kappa shape index (κ1) is 32.0. The molecule has 0 saturated carbocycles. The van der Waals surface area contributed by atoms with E-state index in [4.69, 9.17) is 9.90 Å². The van der Waals surface area contributed by atoms with E-state index in [0.717, 1.165) is 37.4 Å². The van der Waals surface area contributed by atoms with E-state index in [1.165, 1.54) is 5.56 Å². The van der Waals surface area contributed by atoms with Crippen molar-refractivity contribution in [2.45, 2.75) is 38.0 Å². The van der Waals surface area contributed by atoms with E-state index < -0.39 is 22.2 Å². The maximum absolute atomic E-state index is 13.3. The first-order valence-corrected chi connectivity index (χ1v) is 15.5. The maximum Gasteiger partial charge on any atom is 0.490 e. The minimum atomic E-state index is -5.08. The molecular formula is C26H35F3N4O5S2. The van der Waals surface area contributed by atoms with Crippen LogP contribution in [0.4, 0.5) is 13.2 Å². The Bertz CT molecular complexity index is 1170. The highest BCUT2D eigenvalue weighted by molar-refractivity contribution is 7.89. The molecule has 2 fully saturated rings. The van der Waals surface area contributed by atoms with Crippen molar-refractivity contribution >= 4 is 33.2 Å². The smallest absolute Gasteiger partial charge is 0.475 e. The molecule has 3 heterocycles. The second-order valence-corrected chi connectivity index (χ2v) is 12.7. The largest absolute Gasteiger partial charge is 0.490 e. The molecule has 2 aliphatic rings. The average molecular weight is 605 g/mol. The highest BCUT2D eigenvalue weighted by Crippen LogP contribution is 2.21. The van der Waals surface area contributed by atoms with E-state index in [2.05, 4.69) is 34.5 Å². The number of amides is 1. The molecule has 14 heteroatoms. The zero-order valence-electron chi connectivity index (χ0n) is 22.1. The SMILES string of the molecule is O=C(Cc1cccs1)N(CCS(=O)(=O)N1CCNCC1)C1CCN(Cc2ccccc2)CC1.O=C(O)C(F)(F)F. The van der Waals surface area contributed by atoms with E-state index in [-0.39, 0.29) is 24.2 Å². The molecule has 0 unspecified atom stereocenters. The summed E-state index contributed by atoms with van der Waals surface area (Å²) in [7, 11) is -3.37. The van der Waals surface area contributed by atoms with Crippen LogP contribution >= 0.6 is 11.3 Å². The number of alkyl halides is 3. The average Bonchev–Trinajstić information content (AvgIpc) is 3.43. The number of halogens is 3. The van der Waals surface area contributed by atoms with Crippen molar-refractivity contribution in [3.8, 4) is 0 Å². The first-order chi connectivity index (χ1) is 19.0. The highest BCUT2D eigenvalue weighted by atomic mass is 32.2. The molecule has 40 heavy (non-hydrogen) atoms. The fourth-order valence-electron chi connectivity index (χ4n) is 4.67. The van der Waals surface area contributed by atoms with Crippen LogP contribution < -0.4 is 5.32 Å². The van der Waals surface area contributed by atoms with Crippen LogP contribution in [0.3, 0.4) is 0 Å². The number of carbonyl (C=O) groups is 2. The van der Waals surface area contributed by atoms with Gasteiger partial charge in [0.15, 0.2) is 0 Å². The summed E-state index contributed by atoms with van der Waals surface area (Å²) in [6.45, 7) is 5.36. The summed E-state index contributed by atoms with van der Waals surface area (Å²) in [5.41, 5.74) is 1.30. The Labute approximate surface area is 236 Å². The van der Waals surface area contributed by atoms with Crippen molar-refractivity contribution in [2.24, 2.45) is 0 Å². The van der Waals surface area contributed by atoms with Crippen LogP contribution in [0.25, 0.3) is 0 Å². The number of benzene rings is 1. The number of piperidine rings is 1. The van der Waals surface area contributed by atoms with E-state index in [9.17, 15) is 26.4 Å². The fourth-order valence-corrected chi connectivity index (χ4v) is 6.79. The Morgan fingerprint density at radius 2 is 1.65 bits per heavy atom. The van der Waals surface area contributed by atoms with Gasteiger partial charge in [-0.05, 0) is 29.9 Å². The first-order valence-electron chi connectivity index (χ1n) is 13.0. The monoisotopic (exact) mass is 604 g/mol. The zero-order valence-corrected chi connectivity index (χ0v) is 23.7. The number of hydrogen-bond donors (Lipinski definition) is 2. The van der Waals surface area contributed by atoms with Crippen LogP contribution in [-0.4, -0.2) is 103 Å². The Balaban J connectivity index is 0.000000559. The number of aliphatic carboxylic acids is 1. The predicted molar refractivity (Wildman–Crippen MR) is 146 cm³/mol. The Morgan fingerprint density at radius 3 is 2.20 bits per heavy atom. The molecule has 1 aromatic heterocycles. The van der Waals surface area contributed by atoms with Gasteiger partial charge in [0, 0.05) is 63.3 Å². The molecule has 0 bridgehead atoms. The number of rotatable bonds is 9. The number of carboxylic acids is 1. The van der Waals surface area contributed by atoms with Gasteiger partial charge in [-0.15, -0.1) is 11.3 Å². The normalized spacial score (nSPS) is 17.6. The van der Waals surface area contributed by atoms with Gasteiger partial charge in [-0.25, -0.2) is 13.2 Å². The van der Waals surface area contributed by atoms with Crippen LogP contribution in [0.15, 0.2) is 47.8 Å². The maximum atomic E-state index is 13.3. The lowest BCUT2D eigenvalue weighted by molar-refractivity contribution is -0.192. The van der Waals surface area contributed by atoms with Crippen molar-refractivity contribution < 1.29 is 36.3 Å². The van der Waals surface area contributed by atoms with Gasteiger partial charge in [0.25, 0.3) is 0 Å². The Morgan fingerprint density at radius 1 is 1.02 bits per heavy atom. The van der Waals surface area contributed by atoms with Crippen LogP contribution in [0, 0.1) is 0 Å². The molecule has 222 valence electrons. The molecular weight excluding hydrogens is 569 g/mol. The third-order valence-electron chi connectivity index (χ3n) is 6.77. The summed E-state index contributed by atoms with van der Waals surface area (Å²) in [4.78, 5) is 27.5. The van der Waals surface area contributed by atoms with Crippen LogP contribution in [0.2, 0.25) is 0 Å². The third kappa shape index (κ3) is 10.1. The van der Waals surface area contributed by atoms with Gasteiger partial charge >= 0.3 is 12.1 Å². The van der Waals surface area contributed by atoms with Crippen molar-refractivity contribution in [3.05, 3.63) is 58.3 Å². The number of carbonyl (C=O) groups excluding carboxylic acids is 1. The number of sulfonamides is 1. The Hall–Kier alpha value is -2.52. The second-order valence-electron chi connectivity index (χ2n) is 9.60. The van der Waals surface area contributed by atoms with Crippen molar-refractivity contribution in [1.82, 2.24) is 19.4 Å². The molecule has 0 radical (unpaired) electrons. The summed E-state index contributed by atoms with van der Waals surface area (Å²) in [5.74, 6) is -2.73. The number of hydrogen-bond acceptors (Lipinski definition) is 7. The van der Waals surface area contributed by atoms with Gasteiger partial charge in [0.1, 0.15) is 0 Å². The fraction of sp³-hybridized carbons (Fsp3) is 0.538. The topological polar surface area (TPSA) is 110 Å². The van der Waals surface area contributed by atoms with Crippen molar-refractivity contribution in [2.75, 3.05) is 51.6 Å². The molecule has 2 aliphatic heterocycles. The van der Waals surface area contributed by atoms with E-state index in [1.54, 1.807) is 15.6 Å². The number of likely N-dealkylation sites (tertiary alicyclic amines) is 1. The number of piperazine rings is 1. The lowest BCUT2D eigenvalue weighted by Gasteiger charge is -2.39. The van der Waals surface area contributed by atoms with Crippen molar-refractivity contribution in [3.63, 3.8) is 0 Å². The molecule has 1 amide bonds.